The maximum atomic E-state index is 13.7. The van der Waals surface area contributed by atoms with Crippen molar-refractivity contribution in [3.63, 3.8) is 0 Å². The zero-order chi connectivity index (χ0) is 30.5. The number of benzene rings is 2. The summed E-state index contributed by atoms with van der Waals surface area (Å²) in [7, 11) is -4.04. The summed E-state index contributed by atoms with van der Waals surface area (Å²) in [6.45, 7) is 5.21. The second-order valence-electron chi connectivity index (χ2n) is 10.3. The van der Waals surface area contributed by atoms with E-state index in [0.717, 1.165) is 0 Å². The third-order valence-corrected chi connectivity index (χ3v) is 9.64. The number of amidine groups is 1. The van der Waals surface area contributed by atoms with Crippen molar-refractivity contribution in [1.29, 1.82) is 5.41 Å². The summed E-state index contributed by atoms with van der Waals surface area (Å²) in [5.74, 6) is -2.21. The molecule has 1 aliphatic heterocycles. The Kier molecular flexibility index (Phi) is 10.3. The number of anilines is 1. The number of carboxylic acid groups (broad SMARTS) is 1. The van der Waals surface area contributed by atoms with E-state index >= 15 is 0 Å². The molecule has 2 unspecified atom stereocenters. The van der Waals surface area contributed by atoms with E-state index in [-0.39, 0.29) is 34.8 Å². The number of morpholine rings is 1. The molecule has 0 bridgehead atoms. The van der Waals surface area contributed by atoms with Crippen LogP contribution in [-0.4, -0.2) is 66.2 Å². The van der Waals surface area contributed by atoms with Gasteiger partial charge in [-0.05, 0) is 78.2 Å². The highest BCUT2D eigenvalue weighted by Gasteiger charge is 2.44. The minimum absolute atomic E-state index is 0.00153. The van der Waals surface area contributed by atoms with Gasteiger partial charge in [0.25, 0.3) is 0 Å². The van der Waals surface area contributed by atoms with Crippen molar-refractivity contribution >= 4 is 55.3 Å². The van der Waals surface area contributed by atoms with Crippen LogP contribution in [0.25, 0.3) is 0 Å². The highest BCUT2D eigenvalue weighted by atomic mass is 79.9. The van der Waals surface area contributed by atoms with E-state index in [1.165, 1.54) is 10.4 Å². The molecule has 1 heterocycles. The smallest absolute Gasteiger partial charge is 0.306 e. The molecule has 41 heavy (non-hydrogen) atoms. The maximum Gasteiger partial charge on any atom is 0.306 e. The predicted octanol–water partition coefficient (Wildman–Crippen LogP) is 2.97. The fourth-order valence-corrected chi connectivity index (χ4v) is 7.29. The second kappa shape index (κ2) is 13.1. The van der Waals surface area contributed by atoms with Crippen LogP contribution in [0.1, 0.15) is 57.2 Å². The lowest BCUT2D eigenvalue weighted by atomic mass is 10.0. The van der Waals surface area contributed by atoms with E-state index in [0.29, 0.717) is 23.2 Å². The lowest BCUT2D eigenvalue weighted by Gasteiger charge is -2.44. The molecule has 222 valence electrons. The van der Waals surface area contributed by atoms with E-state index in [1.807, 2.05) is 6.92 Å². The zero-order valence-electron chi connectivity index (χ0n) is 22.9. The van der Waals surface area contributed by atoms with Gasteiger partial charge < -0.3 is 26.2 Å². The number of carboxylic acids is 1. The standard InChI is InChI=1S/C27H34BrN5O7S/c1-4-21(32-24(35)13-23(34)31-18-8-5-16(6-9-18)26(29)30)17-7-10-22(20(28)11-17)41(38,39)33-14-19(12-25(36)37)40-15-27(33,2)3/h5-11,19,21H,4,12-15H2,1-3H3,(H3,29,30)(H,31,34)(H,32,35)(H,36,37). The Morgan fingerprint density at radius 1 is 1.20 bits per heavy atom. The summed E-state index contributed by atoms with van der Waals surface area (Å²) >= 11 is 3.37. The predicted molar refractivity (Wildman–Crippen MR) is 156 cm³/mol. The zero-order valence-corrected chi connectivity index (χ0v) is 25.3. The number of hydrogen-bond donors (Lipinski definition) is 5. The van der Waals surface area contributed by atoms with Gasteiger partial charge in [0.2, 0.25) is 21.8 Å². The fraction of sp³-hybridized carbons (Fsp3) is 0.407. The number of sulfonamides is 1. The van der Waals surface area contributed by atoms with E-state index in [9.17, 15) is 22.8 Å². The normalized spacial score (nSPS) is 17.8. The van der Waals surface area contributed by atoms with E-state index in [2.05, 4.69) is 26.6 Å². The maximum absolute atomic E-state index is 13.7. The Hall–Kier alpha value is -3.33. The third kappa shape index (κ3) is 8.12. The molecule has 1 fully saturated rings. The summed E-state index contributed by atoms with van der Waals surface area (Å²) in [5, 5.41) is 22.0. The quantitative estimate of drug-likeness (QED) is 0.139. The van der Waals surface area contributed by atoms with Crippen molar-refractivity contribution in [1.82, 2.24) is 9.62 Å². The molecule has 14 heteroatoms. The van der Waals surface area contributed by atoms with Crippen LogP contribution < -0.4 is 16.4 Å². The first-order valence-electron chi connectivity index (χ1n) is 12.8. The molecular weight excluding hydrogens is 618 g/mol. The van der Waals surface area contributed by atoms with Crippen LogP contribution in [0.2, 0.25) is 0 Å². The number of amides is 2. The Morgan fingerprint density at radius 2 is 1.85 bits per heavy atom. The molecule has 1 saturated heterocycles. The number of nitrogens with one attached hydrogen (secondary N) is 3. The first-order valence-corrected chi connectivity index (χ1v) is 15.1. The second-order valence-corrected chi connectivity index (χ2v) is 13.0. The van der Waals surface area contributed by atoms with Crippen molar-refractivity contribution < 1.29 is 32.6 Å². The van der Waals surface area contributed by atoms with Gasteiger partial charge in [0.05, 0.1) is 35.6 Å². The first-order chi connectivity index (χ1) is 19.1. The average molecular weight is 653 g/mol. The molecule has 0 radical (unpaired) electrons. The molecule has 0 aliphatic carbocycles. The first kappa shape index (κ1) is 32.2. The molecule has 2 atom stereocenters. The van der Waals surface area contributed by atoms with Crippen LogP contribution >= 0.6 is 15.9 Å². The van der Waals surface area contributed by atoms with Gasteiger partial charge in [0, 0.05) is 22.3 Å². The summed E-state index contributed by atoms with van der Waals surface area (Å²) in [5.41, 5.74) is 6.13. The molecule has 6 N–H and O–H groups in total. The van der Waals surface area contributed by atoms with E-state index < -0.39 is 51.9 Å². The molecule has 3 rings (SSSR count). The highest BCUT2D eigenvalue weighted by molar-refractivity contribution is 9.10. The number of ether oxygens (including phenoxy) is 1. The summed E-state index contributed by atoms with van der Waals surface area (Å²) in [6.07, 6.45) is -1.04. The molecule has 12 nitrogen and oxygen atoms in total. The number of nitrogens with two attached hydrogens (primary N) is 1. The number of hydrogen-bond acceptors (Lipinski definition) is 7. The highest BCUT2D eigenvalue weighted by Crippen LogP contribution is 2.34. The molecule has 0 spiro atoms. The summed E-state index contributed by atoms with van der Waals surface area (Å²) in [6, 6.07) is 10.5. The fourth-order valence-electron chi connectivity index (χ4n) is 4.43. The van der Waals surface area contributed by atoms with Gasteiger partial charge in [0.1, 0.15) is 12.3 Å². The molecular formula is C27H34BrN5O7S. The van der Waals surface area contributed by atoms with Gasteiger partial charge in [-0.25, -0.2) is 8.42 Å². The van der Waals surface area contributed by atoms with Crippen molar-refractivity contribution in [2.24, 2.45) is 5.73 Å². The van der Waals surface area contributed by atoms with Crippen LogP contribution in [0.15, 0.2) is 51.8 Å². The molecule has 0 saturated carbocycles. The molecule has 2 amide bonds. The molecule has 0 aromatic heterocycles. The largest absolute Gasteiger partial charge is 0.481 e. The number of halogens is 1. The monoisotopic (exact) mass is 651 g/mol. The molecule has 2 aromatic carbocycles. The lowest BCUT2D eigenvalue weighted by Crippen LogP contribution is -2.58. The van der Waals surface area contributed by atoms with Gasteiger partial charge in [-0.15, -0.1) is 0 Å². The number of carbonyl (C=O) groups is 3. The van der Waals surface area contributed by atoms with Crippen molar-refractivity contribution in [2.45, 2.75) is 62.6 Å². The van der Waals surface area contributed by atoms with Crippen LogP contribution in [0.4, 0.5) is 5.69 Å². The minimum Gasteiger partial charge on any atom is -0.481 e. The SMILES string of the molecule is CCC(NC(=O)CC(=O)Nc1ccc(C(=N)N)cc1)c1ccc(S(=O)(=O)N2CC(CC(=O)O)OCC2(C)C)c(Br)c1. The van der Waals surface area contributed by atoms with E-state index in [1.54, 1.807) is 50.2 Å². The topological polar surface area (TPSA) is 192 Å². The number of nitrogens with zero attached hydrogens (tertiary/aromatic N) is 1. The lowest BCUT2D eigenvalue weighted by molar-refractivity contribution is -0.143. The minimum atomic E-state index is -4.04. The summed E-state index contributed by atoms with van der Waals surface area (Å²) < 4.78 is 34.5. The van der Waals surface area contributed by atoms with Crippen LogP contribution in [-0.2, 0) is 29.1 Å². The Morgan fingerprint density at radius 3 is 2.41 bits per heavy atom. The third-order valence-electron chi connectivity index (χ3n) is 6.59. The number of nitrogen functional groups attached to an aromatic ring is 1. The van der Waals surface area contributed by atoms with Crippen molar-refractivity contribution in [2.75, 3.05) is 18.5 Å². The number of rotatable bonds is 11. The van der Waals surface area contributed by atoms with Crippen molar-refractivity contribution in [3.05, 3.63) is 58.1 Å². The molecule has 2 aromatic rings. The Balaban J connectivity index is 1.70. The van der Waals surface area contributed by atoms with Crippen LogP contribution in [0.3, 0.4) is 0 Å². The number of carbonyl (C=O) groups excluding carboxylic acids is 2. The Labute approximate surface area is 247 Å². The van der Waals surface area contributed by atoms with Crippen LogP contribution in [0, 0.1) is 5.41 Å². The van der Waals surface area contributed by atoms with Gasteiger partial charge in [0.15, 0.2) is 0 Å². The van der Waals surface area contributed by atoms with E-state index in [4.69, 9.17) is 21.0 Å². The van der Waals surface area contributed by atoms with Gasteiger partial charge >= 0.3 is 5.97 Å². The van der Waals surface area contributed by atoms with Crippen molar-refractivity contribution in [3.8, 4) is 0 Å². The van der Waals surface area contributed by atoms with Crippen LogP contribution in [0.5, 0.6) is 0 Å². The average Bonchev–Trinajstić information content (AvgIpc) is 2.87. The van der Waals surface area contributed by atoms with Gasteiger partial charge in [-0.2, -0.15) is 4.31 Å². The van der Waals surface area contributed by atoms with Gasteiger partial charge in [-0.3, -0.25) is 19.8 Å². The Bertz CT molecular complexity index is 1430. The van der Waals surface area contributed by atoms with Gasteiger partial charge in [-0.1, -0.05) is 13.0 Å². The number of aliphatic carboxylic acids is 1. The summed E-state index contributed by atoms with van der Waals surface area (Å²) in [4.78, 5) is 36.2. The molecule has 1 aliphatic rings.